The maximum Gasteiger partial charge on any atom is 0.119 e. The van der Waals surface area contributed by atoms with Gasteiger partial charge in [-0.25, -0.2) is 0 Å². The first-order valence-corrected chi connectivity index (χ1v) is 6.16. The summed E-state index contributed by atoms with van der Waals surface area (Å²) in [6.07, 6.45) is 0.748. The van der Waals surface area contributed by atoms with Crippen LogP contribution in [0.25, 0.3) is 0 Å². The zero-order valence-electron chi connectivity index (χ0n) is 11.0. The Bertz CT molecular complexity index is 331. The van der Waals surface area contributed by atoms with Crippen LogP contribution >= 0.6 is 0 Å². The van der Waals surface area contributed by atoms with Crippen LogP contribution in [-0.4, -0.2) is 23.9 Å². The quantitative estimate of drug-likeness (QED) is 0.715. The van der Waals surface area contributed by atoms with E-state index in [9.17, 15) is 5.11 Å². The average Bonchev–Trinajstić information content (AvgIpc) is 2.24. The third-order valence-corrected chi connectivity index (χ3v) is 2.45. The van der Waals surface area contributed by atoms with Crippen molar-refractivity contribution in [2.75, 3.05) is 13.2 Å². The molecular formula is C14H23NO2. The molecule has 0 aromatic heterocycles. The Hall–Kier alpha value is -1.06. The molecule has 0 unspecified atom stereocenters. The van der Waals surface area contributed by atoms with Crippen LogP contribution in [0.2, 0.25) is 0 Å². The van der Waals surface area contributed by atoms with Gasteiger partial charge in [-0.2, -0.15) is 0 Å². The normalized spacial score (nSPS) is 11.5. The lowest BCUT2D eigenvalue weighted by Gasteiger charge is -2.17. The minimum Gasteiger partial charge on any atom is -0.494 e. The van der Waals surface area contributed by atoms with Gasteiger partial charge < -0.3 is 15.2 Å². The van der Waals surface area contributed by atoms with Crippen molar-refractivity contribution in [3.63, 3.8) is 0 Å². The van der Waals surface area contributed by atoms with Crippen LogP contribution < -0.4 is 10.1 Å². The molecule has 0 radical (unpaired) electrons. The van der Waals surface area contributed by atoms with E-state index in [1.54, 1.807) is 0 Å². The van der Waals surface area contributed by atoms with Crippen molar-refractivity contribution in [3.8, 4) is 5.75 Å². The van der Waals surface area contributed by atoms with E-state index < -0.39 is 5.60 Å². The second-order valence-corrected chi connectivity index (χ2v) is 4.82. The lowest BCUT2D eigenvalue weighted by atomic mass is 10.1. The van der Waals surface area contributed by atoms with E-state index >= 15 is 0 Å². The van der Waals surface area contributed by atoms with Gasteiger partial charge in [0.05, 0.1) is 12.2 Å². The molecule has 0 aliphatic carbocycles. The SMILES string of the molecule is CCOc1cccc(CNCCC(C)(C)O)c1. The van der Waals surface area contributed by atoms with Gasteiger partial charge in [0.25, 0.3) is 0 Å². The van der Waals surface area contributed by atoms with Gasteiger partial charge in [0, 0.05) is 6.54 Å². The van der Waals surface area contributed by atoms with Crippen LogP contribution in [0.15, 0.2) is 24.3 Å². The number of benzene rings is 1. The largest absolute Gasteiger partial charge is 0.494 e. The van der Waals surface area contributed by atoms with E-state index in [-0.39, 0.29) is 0 Å². The molecule has 0 heterocycles. The third-order valence-electron chi connectivity index (χ3n) is 2.45. The smallest absolute Gasteiger partial charge is 0.119 e. The van der Waals surface area contributed by atoms with Gasteiger partial charge in [0.2, 0.25) is 0 Å². The van der Waals surface area contributed by atoms with E-state index in [2.05, 4.69) is 11.4 Å². The molecule has 1 rings (SSSR count). The molecule has 3 heteroatoms. The van der Waals surface area contributed by atoms with Crippen LogP contribution in [0.4, 0.5) is 0 Å². The summed E-state index contributed by atoms with van der Waals surface area (Å²) in [5.41, 5.74) is 0.604. The number of hydrogen-bond acceptors (Lipinski definition) is 3. The Labute approximate surface area is 104 Å². The highest BCUT2D eigenvalue weighted by Gasteiger charge is 2.10. The standard InChI is InChI=1S/C14H23NO2/c1-4-17-13-7-5-6-12(10-13)11-15-9-8-14(2,3)16/h5-7,10,15-16H,4,8-9,11H2,1-3H3. The molecule has 96 valence electrons. The minimum atomic E-state index is -0.597. The Morgan fingerprint density at radius 1 is 1.35 bits per heavy atom. The molecule has 1 aromatic rings. The van der Waals surface area contributed by atoms with E-state index in [0.29, 0.717) is 6.61 Å². The fourth-order valence-corrected chi connectivity index (χ4v) is 1.54. The number of aliphatic hydroxyl groups is 1. The van der Waals surface area contributed by atoms with Crippen molar-refractivity contribution in [1.82, 2.24) is 5.32 Å². The third kappa shape index (κ3) is 6.29. The minimum absolute atomic E-state index is 0.597. The first-order valence-electron chi connectivity index (χ1n) is 6.16. The monoisotopic (exact) mass is 237 g/mol. The molecule has 0 saturated carbocycles. The van der Waals surface area contributed by atoms with Crippen molar-refractivity contribution < 1.29 is 9.84 Å². The fraction of sp³-hybridized carbons (Fsp3) is 0.571. The van der Waals surface area contributed by atoms with Crippen molar-refractivity contribution in [1.29, 1.82) is 0 Å². The highest BCUT2D eigenvalue weighted by atomic mass is 16.5. The van der Waals surface area contributed by atoms with Gasteiger partial charge >= 0.3 is 0 Å². The Morgan fingerprint density at radius 3 is 2.76 bits per heavy atom. The molecule has 2 N–H and O–H groups in total. The Morgan fingerprint density at radius 2 is 2.12 bits per heavy atom. The van der Waals surface area contributed by atoms with Crippen molar-refractivity contribution in [3.05, 3.63) is 29.8 Å². The van der Waals surface area contributed by atoms with Crippen LogP contribution in [0.1, 0.15) is 32.8 Å². The Balaban J connectivity index is 2.34. The van der Waals surface area contributed by atoms with Gasteiger partial charge in [0.1, 0.15) is 5.75 Å². The summed E-state index contributed by atoms with van der Waals surface area (Å²) in [5.74, 6) is 0.911. The second-order valence-electron chi connectivity index (χ2n) is 4.82. The number of rotatable bonds is 7. The highest BCUT2D eigenvalue weighted by molar-refractivity contribution is 5.28. The van der Waals surface area contributed by atoms with Crippen LogP contribution in [0.5, 0.6) is 5.75 Å². The molecule has 0 aliphatic heterocycles. The maximum absolute atomic E-state index is 9.57. The highest BCUT2D eigenvalue weighted by Crippen LogP contribution is 2.13. The summed E-state index contributed by atoms with van der Waals surface area (Å²) in [4.78, 5) is 0. The average molecular weight is 237 g/mol. The number of nitrogens with one attached hydrogen (secondary N) is 1. The predicted molar refractivity (Wildman–Crippen MR) is 70.2 cm³/mol. The molecule has 0 atom stereocenters. The molecule has 3 nitrogen and oxygen atoms in total. The van der Waals surface area contributed by atoms with Gasteiger partial charge in [-0.15, -0.1) is 0 Å². The Kier molecular flexibility index (Phi) is 5.45. The van der Waals surface area contributed by atoms with Crippen molar-refractivity contribution >= 4 is 0 Å². The second kappa shape index (κ2) is 6.62. The topological polar surface area (TPSA) is 41.5 Å². The van der Waals surface area contributed by atoms with E-state index in [0.717, 1.165) is 25.3 Å². The van der Waals surface area contributed by atoms with Crippen LogP contribution in [0, 0.1) is 0 Å². The summed E-state index contributed by atoms with van der Waals surface area (Å²) in [6, 6.07) is 8.07. The summed E-state index contributed by atoms with van der Waals surface area (Å²) >= 11 is 0. The zero-order valence-corrected chi connectivity index (χ0v) is 11.0. The molecule has 0 bridgehead atoms. The molecule has 0 saturated heterocycles. The zero-order chi connectivity index (χ0) is 12.7. The number of ether oxygens (including phenoxy) is 1. The summed E-state index contributed by atoms with van der Waals surface area (Å²) in [5, 5.41) is 12.9. The van der Waals surface area contributed by atoms with Gasteiger partial charge in [0.15, 0.2) is 0 Å². The lowest BCUT2D eigenvalue weighted by Crippen LogP contribution is -2.26. The van der Waals surface area contributed by atoms with Gasteiger partial charge in [-0.05, 0) is 51.4 Å². The molecular weight excluding hydrogens is 214 g/mol. The molecule has 0 amide bonds. The van der Waals surface area contributed by atoms with Gasteiger partial charge in [-0.1, -0.05) is 12.1 Å². The van der Waals surface area contributed by atoms with Gasteiger partial charge in [-0.3, -0.25) is 0 Å². The lowest BCUT2D eigenvalue weighted by molar-refractivity contribution is 0.0711. The van der Waals surface area contributed by atoms with E-state index in [4.69, 9.17) is 4.74 Å². The molecule has 0 fully saturated rings. The summed E-state index contributed by atoms with van der Waals surface area (Å²) in [7, 11) is 0. The summed E-state index contributed by atoms with van der Waals surface area (Å²) in [6.45, 7) is 7.93. The molecule has 0 aliphatic rings. The molecule has 0 spiro atoms. The molecule has 1 aromatic carbocycles. The van der Waals surface area contributed by atoms with E-state index in [1.165, 1.54) is 5.56 Å². The first kappa shape index (κ1) is 14.0. The maximum atomic E-state index is 9.57. The molecule has 17 heavy (non-hydrogen) atoms. The van der Waals surface area contributed by atoms with Crippen molar-refractivity contribution in [2.45, 2.75) is 39.3 Å². The van der Waals surface area contributed by atoms with Crippen LogP contribution in [0.3, 0.4) is 0 Å². The predicted octanol–water partition coefficient (Wildman–Crippen LogP) is 2.34. The van der Waals surface area contributed by atoms with E-state index in [1.807, 2.05) is 39.0 Å². The first-order chi connectivity index (χ1) is 8.01. The van der Waals surface area contributed by atoms with Crippen molar-refractivity contribution in [2.24, 2.45) is 0 Å². The fourth-order valence-electron chi connectivity index (χ4n) is 1.54. The van der Waals surface area contributed by atoms with Crippen LogP contribution in [-0.2, 0) is 6.54 Å². The number of hydrogen-bond donors (Lipinski definition) is 2. The summed E-state index contributed by atoms with van der Waals surface area (Å²) < 4.78 is 5.44.